The molecule has 0 amide bonds. The molecular formula is C25H23F3N4O3. The number of anilines is 2. The van der Waals surface area contributed by atoms with Crippen LogP contribution in [0.15, 0.2) is 36.7 Å². The smallest absolute Gasteiger partial charge is 0.296 e. The summed E-state index contributed by atoms with van der Waals surface area (Å²) < 4.78 is 83.5. The molecule has 7 nitrogen and oxygen atoms in total. The van der Waals surface area contributed by atoms with Gasteiger partial charge >= 0.3 is 0 Å². The Labute approximate surface area is 204 Å². The number of nitrogens with zero attached hydrogens (tertiary/aromatic N) is 3. The van der Waals surface area contributed by atoms with Crippen LogP contribution in [0.5, 0.6) is 11.5 Å². The Hall–Kier alpha value is -3.55. The van der Waals surface area contributed by atoms with E-state index in [1.165, 1.54) is 30.6 Å². The van der Waals surface area contributed by atoms with Crippen molar-refractivity contribution >= 4 is 22.4 Å². The highest BCUT2D eigenvalue weighted by Crippen LogP contribution is 2.39. The number of methoxy groups -OCH3 is 1. The molecule has 182 valence electrons. The molecule has 0 spiro atoms. The largest absolute Gasteiger partial charge is 0.493 e. The number of ether oxygens (including phenoxy) is 3. The van der Waals surface area contributed by atoms with Gasteiger partial charge in [0.05, 0.1) is 53.7 Å². The summed E-state index contributed by atoms with van der Waals surface area (Å²) in [5, 5.41) is 3.10. The van der Waals surface area contributed by atoms with Crippen LogP contribution in [0, 0.1) is 18.2 Å². The number of hydrogen-bond donors (Lipinski definition) is 1. The SMILES string of the molecule is [2H]C([2H])([2H])Oc1cc2ncnc(Nc3cccc(C#C)c3F)c2cc1O[C@H]1CCN(C2COC2)CC1(F)F. The Balaban J connectivity index is 1.50. The zero-order valence-electron chi connectivity index (χ0n) is 21.4. The maximum Gasteiger partial charge on any atom is 0.296 e. The van der Waals surface area contributed by atoms with Gasteiger partial charge in [-0.2, -0.15) is 0 Å². The molecule has 5 rings (SSSR count). The summed E-state index contributed by atoms with van der Waals surface area (Å²) >= 11 is 0. The van der Waals surface area contributed by atoms with E-state index in [9.17, 15) is 4.39 Å². The van der Waals surface area contributed by atoms with Crippen molar-refractivity contribution in [3.63, 3.8) is 0 Å². The number of fused-ring (bicyclic) bond motifs is 1. The minimum Gasteiger partial charge on any atom is -0.493 e. The van der Waals surface area contributed by atoms with Gasteiger partial charge in [-0.25, -0.2) is 23.1 Å². The number of rotatable bonds is 6. The van der Waals surface area contributed by atoms with Crippen molar-refractivity contribution in [2.75, 3.05) is 38.7 Å². The van der Waals surface area contributed by atoms with Crippen molar-refractivity contribution in [3.05, 3.63) is 48.0 Å². The number of benzene rings is 2. The number of halogens is 3. The Kier molecular flexibility index (Phi) is 5.21. The molecule has 0 unspecified atom stereocenters. The molecule has 2 aromatic carbocycles. The number of alkyl halides is 2. The number of aromatic nitrogens is 2. The first kappa shape index (κ1) is 19.7. The summed E-state index contributed by atoms with van der Waals surface area (Å²) in [5.74, 6) is -2.04. The van der Waals surface area contributed by atoms with Crippen molar-refractivity contribution in [1.29, 1.82) is 0 Å². The molecule has 3 aromatic rings. The Morgan fingerprint density at radius 2 is 2.14 bits per heavy atom. The predicted molar refractivity (Wildman–Crippen MR) is 124 cm³/mol. The quantitative estimate of drug-likeness (QED) is 0.528. The van der Waals surface area contributed by atoms with E-state index in [0.29, 0.717) is 19.8 Å². The molecule has 1 aromatic heterocycles. The molecule has 2 aliphatic rings. The second-order valence-electron chi connectivity index (χ2n) is 8.39. The molecule has 2 fully saturated rings. The summed E-state index contributed by atoms with van der Waals surface area (Å²) in [6.07, 6.45) is 4.98. The third kappa shape index (κ3) is 4.45. The molecule has 0 aliphatic carbocycles. The topological polar surface area (TPSA) is 68.7 Å². The molecule has 1 N–H and O–H groups in total. The zero-order valence-corrected chi connectivity index (χ0v) is 18.4. The molecule has 0 saturated carbocycles. The lowest BCUT2D eigenvalue weighted by Gasteiger charge is -2.44. The van der Waals surface area contributed by atoms with E-state index in [2.05, 4.69) is 21.2 Å². The van der Waals surface area contributed by atoms with Crippen LogP contribution in [-0.4, -0.2) is 66.3 Å². The Bertz CT molecular complexity index is 1400. The molecule has 35 heavy (non-hydrogen) atoms. The maximum atomic E-state index is 15.1. The van der Waals surface area contributed by atoms with E-state index < -0.39 is 31.4 Å². The fourth-order valence-corrected chi connectivity index (χ4v) is 4.19. The average Bonchev–Trinajstić information content (AvgIpc) is 2.80. The van der Waals surface area contributed by atoms with Crippen LogP contribution in [0.1, 0.15) is 16.1 Å². The molecule has 1 atom stereocenters. The zero-order chi connectivity index (χ0) is 27.1. The first-order valence-electron chi connectivity index (χ1n) is 12.4. The van der Waals surface area contributed by atoms with Gasteiger partial charge in [0.25, 0.3) is 5.92 Å². The maximum absolute atomic E-state index is 15.1. The van der Waals surface area contributed by atoms with E-state index in [0.717, 1.165) is 0 Å². The van der Waals surface area contributed by atoms with E-state index in [1.54, 1.807) is 11.0 Å². The predicted octanol–water partition coefficient (Wildman–Crippen LogP) is 3.99. The second kappa shape index (κ2) is 9.24. The highest BCUT2D eigenvalue weighted by atomic mass is 19.3. The number of nitrogens with one attached hydrogen (secondary N) is 1. The standard InChI is InChI=1S/C25H23F3N4O3/c1-3-15-5-4-6-18(23(15)26)31-24-17-9-21(20(33-2)10-19(17)29-14-30-24)35-22-7-8-32(13-25(22,27)28)16-11-34-12-16/h1,4-6,9-10,14,16,22H,7-8,11-13H2,2H3,(H,29,30,31)/t22-/m0/s1/i2D3. The van der Waals surface area contributed by atoms with Gasteiger partial charge < -0.3 is 19.5 Å². The third-order valence-corrected chi connectivity index (χ3v) is 6.19. The molecule has 0 radical (unpaired) electrons. The van der Waals surface area contributed by atoms with Gasteiger partial charge in [-0.3, -0.25) is 4.90 Å². The molecule has 2 saturated heterocycles. The average molecular weight is 487 g/mol. The van der Waals surface area contributed by atoms with Crippen LogP contribution in [0.4, 0.5) is 24.7 Å². The highest BCUT2D eigenvalue weighted by molar-refractivity contribution is 5.93. The van der Waals surface area contributed by atoms with Crippen molar-refractivity contribution in [2.45, 2.75) is 24.5 Å². The lowest BCUT2D eigenvalue weighted by molar-refractivity contribution is -0.170. The summed E-state index contributed by atoms with van der Waals surface area (Å²) in [5.41, 5.74) is 0.284. The monoisotopic (exact) mass is 487 g/mol. The summed E-state index contributed by atoms with van der Waals surface area (Å²) in [7, 11) is -2.88. The van der Waals surface area contributed by atoms with E-state index in [1.807, 2.05) is 0 Å². The minimum atomic E-state index is -3.23. The van der Waals surface area contributed by atoms with Crippen LogP contribution in [0.25, 0.3) is 10.9 Å². The van der Waals surface area contributed by atoms with Gasteiger partial charge in [-0.15, -0.1) is 6.42 Å². The fourth-order valence-electron chi connectivity index (χ4n) is 4.19. The van der Waals surface area contributed by atoms with Gasteiger partial charge in [0.1, 0.15) is 12.1 Å². The van der Waals surface area contributed by atoms with Crippen LogP contribution < -0.4 is 14.8 Å². The Morgan fingerprint density at radius 1 is 1.29 bits per heavy atom. The minimum absolute atomic E-state index is 0.00473. The van der Waals surface area contributed by atoms with Gasteiger partial charge in [0.15, 0.2) is 23.4 Å². The fraction of sp³-hybridized carbons (Fsp3) is 0.360. The van der Waals surface area contributed by atoms with Crippen LogP contribution >= 0.6 is 0 Å². The molecule has 3 heterocycles. The Morgan fingerprint density at radius 3 is 2.86 bits per heavy atom. The van der Waals surface area contributed by atoms with E-state index in [-0.39, 0.29) is 51.9 Å². The summed E-state index contributed by atoms with van der Waals surface area (Å²) in [6.45, 7) is 0.653. The molecule has 10 heteroatoms. The molecular weight excluding hydrogens is 461 g/mol. The van der Waals surface area contributed by atoms with Gasteiger partial charge in [-0.1, -0.05) is 12.0 Å². The van der Waals surface area contributed by atoms with E-state index in [4.69, 9.17) is 24.7 Å². The normalized spacial score (nSPS) is 21.8. The first-order chi connectivity index (χ1) is 18.0. The van der Waals surface area contributed by atoms with Crippen molar-refractivity contribution in [3.8, 4) is 23.8 Å². The van der Waals surface area contributed by atoms with Crippen molar-refractivity contribution in [2.24, 2.45) is 0 Å². The van der Waals surface area contributed by atoms with E-state index >= 15 is 8.78 Å². The van der Waals surface area contributed by atoms with Gasteiger partial charge in [0, 0.05) is 24.4 Å². The molecule has 0 bridgehead atoms. The number of likely N-dealkylation sites (tertiary alicyclic amines) is 1. The number of hydrogen-bond acceptors (Lipinski definition) is 7. The first-order valence-corrected chi connectivity index (χ1v) is 10.9. The summed E-state index contributed by atoms with van der Waals surface area (Å²) in [6, 6.07) is 6.96. The lowest BCUT2D eigenvalue weighted by Crippen LogP contribution is -2.60. The van der Waals surface area contributed by atoms with Gasteiger partial charge in [-0.05, 0) is 18.2 Å². The molecule has 2 aliphatic heterocycles. The highest BCUT2D eigenvalue weighted by Gasteiger charge is 2.48. The van der Waals surface area contributed by atoms with Crippen LogP contribution in [0.3, 0.4) is 0 Å². The lowest BCUT2D eigenvalue weighted by atomic mass is 10.0. The van der Waals surface area contributed by atoms with Crippen LogP contribution in [-0.2, 0) is 4.74 Å². The van der Waals surface area contributed by atoms with Crippen molar-refractivity contribution < 1.29 is 31.5 Å². The number of terminal acetylenes is 1. The van der Waals surface area contributed by atoms with Gasteiger partial charge in [0.2, 0.25) is 0 Å². The third-order valence-electron chi connectivity index (χ3n) is 6.19. The summed E-state index contributed by atoms with van der Waals surface area (Å²) in [4.78, 5) is 9.94. The number of piperidine rings is 1. The van der Waals surface area contributed by atoms with Crippen molar-refractivity contribution in [1.82, 2.24) is 14.9 Å². The second-order valence-corrected chi connectivity index (χ2v) is 8.39. The van der Waals surface area contributed by atoms with Crippen LogP contribution in [0.2, 0.25) is 0 Å².